The van der Waals surface area contributed by atoms with Crippen LogP contribution in [-0.2, 0) is 23.4 Å². The molecule has 0 unspecified atom stereocenters. The molecule has 1 aromatic rings. The normalized spacial score (nSPS) is 18.8. The molecular formula is C12H22N4O2S. The van der Waals surface area contributed by atoms with Gasteiger partial charge in [0.25, 0.3) is 0 Å². The van der Waals surface area contributed by atoms with E-state index in [0.717, 1.165) is 24.6 Å². The van der Waals surface area contributed by atoms with Crippen molar-refractivity contribution in [1.29, 1.82) is 0 Å². The van der Waals surface area contributed by atoms with Crippen LogP contribution in [0.15, 0.2) is 0 Å². The van der Waals surface area contributed by atoms with Gasteiger partial charge >= 0.3 is 0 Å². The molecule has 108 valence electrons. The predicted molar refractivity (Wildman–Crippen MR) is 76.2 cm³/mol. The molecule has 1 aromatic heterocycles. The molecule has 7 heteroatoms. The van der Waals surface area contributed by atoms with Gasteiger partial charge in [-0.3, -0.25) is 4.68 Å². The zero-order valence-electron chi connectivity index (χ0n) is 11.8. The van der Waals surface area contributed by atoms with E-state index in [1.54, 1.807) is 0 Å². The molecule has 2 rings (SSSR count). The fourth-order valence-electron chi connectivity index (χ4n) is 2.47. The van der Waals surface area contributed by atoms with E-state index in [1.807, 2.05) is 18.7 Å². The Kier molecular flexibility index (Phi) is 4.15. The Morgan fingerprint density at radius 2 is 1.95 bits per heavy atom. The molecule has 0 aliphatic carbocycles. The van der Waals surface area contributed by atoms with Gasteiger partial charge in [0.15, 0.2) is 9.84 Å². The molecule has 0 saturated carbocycles. The van der Waals surface area contributed by atoms with Gasteiger partial charge in [-0.1, -0.05) is 6.92 Å². The van der Waals surface area contributed by atoms with Gasteiger partial charge in [-0.25, -0.2) is 8.42 Å². The monoisotopic (exact) mass is 286 g/mol. The Hall–Kier alpha value is -1.08. The summed E-state index contributed by atoms with van der Waals surface area (Å²) in [5, 5.41) is 7.78. The van der Waals surface area contributed by atoms with Crippen molar-refractivity contribution in [3.8, 4) is 0 Å². The molecule has 0 bridgehead atoms. The number of rotatable bonds is 4. The van der Waals surface area contributed by atoms with E-state index in [2.05, 4.69) is 22.2 Å². The fraction of sp³-hybridized carbons (Fsp3) is 0.750. The Morgan fingerprint density at radius 3 is 2.53 bits per heavy atom. The first-order valence-electron chi connectivity index (χ1n) is 6.63. The average molecular weight is 286 g/mol. The van der Waals surface area contributed by atoms with Crippen molar-refractivity contribution >= 4 is 15.7 Å². The van der Waals surface area contributed by atoms with Crippen LogP contribution in [-0.4, -0.2) is 49.3 Å². The second-order valence-electron chi connectivity index (χ2n) is 4.93. The first-order valence-corrected chi connectivity index (χ1v) is 8.45. The minimum Gasteiger partial charge on any atom is -0.355 e. The highest BCUT2D eigenvalue weighted by Crippen LogP contribution is 2.24. The number of sulfone groups is 1. The van der Waals surface area contributed by atoms with Gasteiger partial charge < -0.3 is 10.2 Å². The van der Waals surface area contributed by atoms with E-state index in [4.69, 9.17) is 0 Å². The SMILES string of the molecule is CCNCc1c(C)nn(C)c1N1CCS(=O)(=O)CC1. The van der Waals surface area contributed by atoms with Gasteiger partial charge in [-0.2, -0.15) is 5.10 Å². The molecule has 1 saturated heterocycles. The van der Waals surface area contributed by atoms with Gasteiger partial charge in [-0.05, 0) is 13.5 Å². The van der Waals surface area contributed by atoms with E-state index in [0.29, 0.717) is 13.1 Å². The largest absolute Gasteiger partial charge is 0.355 e. The zero-order chi connectivity index (χ0) is 14.0. The summed E-state index contributed by atoms with van der Waals surface area (Å²) >= 11 is 0. The molecule has 0 radical (unpaired) electrons. The maximum atomic E-state index is 11.5. The van der Waals surface area contributed by atoms with Gasteiger partial charge in [0.2, 0.25) is 0 Å². The van der Waals surface area contributed by atoms with Crippen LogP contribution in [0, 0.1) is 6.92 Å². The summed E-state index contributed by atoms with van der Waals surface area (Å²) in [6.07, 6.45) is 0. The van der Waals surface area contributed by atoms with E-state index in [-0.39, 0.29) is 11.5 Å². The third-order valence-electron chi connectivity index (χ3n) is 3.51. The van der Waals surface area contributed by atoms with Crippen molar-refractivity contribution in [2.24, 2.45) is 7.05 Å². The molecule has 1 aliphatic rings. The number of aryl methyl sites for hydroxylation is 2. The molecule has 1 N–H and O–H groups in total. The molecular weight excluding hydrogens is 264 g/mol. The third kappa shape index (κ3) is 3.09. The maximum Gasteiger partial charge on any atom is 0.153 e. The summed E-state index contributed by atoms with van der Waals surface area (Å²) in [7, 11) is -0.929. The molecule has 2 heterocycles. The number of nitrogens with one attached hydrogen (secondary N) is 1. The lowest BCUT2D eigenvalue weighted by Crippen LogP contribution is -2.41. The Labute approximate surface area is 114 Å². The van der Waals surface area contributed by atoms with E-state index < -0.39 is 9.84 Å². The Bertz CT molecular complexity index is 536. The Morgan fingerprint density at radius 1 is 1.32 bits per heavy atom. The highest BCUT2D eigenvalue weighted by Gasteiger charge is 2.26. The smallest absolute Gasteiger partial charge is 0.153 e. The van der Waals surface area contributed by atoms with Crippen LogP contribution < -0.4 is 10.2 Å². The minimum absolute atomic E-state index is 0.234. The molecule has 19 heavy (non-hydrogen) atoms. The molecule has 1 aliphatic heterocycles. The summed E-state index contributed by atoms with van der Waals surface area (Å²) < 4.78 is 24.9. The first kappa shape index (κ1) is 14.3. The zero-order valence-corrected chi connectivity index (χ0v) is 12.6. The minimum atomic E-state index is -2.85. The van der Waals surface area contributed by atoms with E-state index in [1.165, 1.54) is 5.56 Å². The highest BCUT2D eigenvalue weighted by molar-refractivity contribution is 7.91. The van der Waals surface area contributed by atoms with Crippen molar-refractivity contribution < 1.29 is 8.42 Å². The number of anilines is 1. The lowest BCUT2D eigenvalue weighted by molar-refractivity contribution is 0.583. The number of aromatic nitrogens is 2. The van der Waals surface area contributed by atoms with Crippen molar-refractivity contribution in [2.75, 3.05) is 36.0 Å². The predicted octanol–water partition coefficient (Wildman–Crippen LogP) is 0.0728. The quantitative estimate of drug-likeness (QED) is 0.848. The van der Waals surface area contributed by atoms with Crippen molar-refractivity contribution in [2.45, 2.75) is 20.4 Å². The van der Waals surface area contributed by atoms with Crippen LogP contribution in [0.25, 0.3) is 0 Å². The van der Waals surface area contributed by atoms with Crippen LogP contribution in [0.2, 0.25) is 0 Å². The van der Waals surface area contributed by atoms with Crippen LogP contribution in [0.3, 0.4) is 0 Å². The molecule has 0 spiro atoms. The highest BCUT2D eigenvalue weighted by atomic mass is 32.2. The van der Waals surface area contributed by atoms with Gasteiger partial charge in [0, 0.05) is 32.2 Å². The molecule has 0 aromatic carbocycles. The number of nitrogens with zero attached hydrogens (tertiary/aromatic N) is 3. The number of hydrogen-bond acceptors (Lipinski definition) is 5. The second kappa shape index (κ2) is 5.50. The van der Waals surface area contributed by atoms with Crippen LogP contribution >= 0.6 is 0 Å². The topological polar surface area (TPSA) is 67.2 Å². The maximum absolute atomic E-state index is 11.5. The van der Waals surface area contributed by atoms with Crippen LogP contribution in [0.4, 0.5) is 5.82 Å². The molecule has 1 fully saturated rings. The summed E-state index contributed by atoms with van der Waals surface area (Å²) in [6.45, 7) is 6.85. The van der Waals surface area contributed by atoms with Gasteiger partial charge in [-0.15, -0.1) is 0 Å². The fourth-order valence-corrected chi connectivity index (χ4v) is 3.67. The van der Waals surface area contributed by atoms with Crippen LogP contribution in [0.1, 0.15) is 18.2 Å². The molecule has 0 amide bonds. The standard InChI is InChI=1S/C12H22N4O2S/c1-4-13-9-11-10(2)14-15(3)12(11)16-5-7-19(17,18)8-6-16/h13H,4-9H2,1-3H3. The lowest BCUT2D eigenvalue weighted by atomic mass is 10.2. The third-order valence-corrected chi connectivity index (χ3v) is 5.12. The van der Waals surface area contributed by atoms with E-state index >= 15 is 0 Å². The average Bonchev–Trinajstić information content (AvgIpc) is 2.62. The summed E-state index contributed by atoms with van der Waals surface area (Å²) in [5.74, 6) is 1.52. The molecule has 6 nitrogen and oxygen atoms in total. The Balaban J connectivity index is 2.24. The first-order chi connectivity index (χ1) is 8.94. The summed E-state index contributed by atoms with van der Waals surface area (Å²) in [6, 6.07) is 0. The van der Waals surface area contributed by atoms with Crippen molar-refractivity contribution in [1.82, 2.24) is 15.1 Å². The summed E-state index contributed by atoms with van der Waals surface area (Å²) in [4.78, 5) is 2.13. The lowest BCUT2D eigenvalue weighted by Gasteiger charge is -2.29. The summed E-state index contributed by atoms with van der Waals surface area (Å²) in [5.41, 5.74) is 2.18. The number of hydrogen-bond donors (Lipinski definition) is 1. The van der Waals surface area contributed by atoms with Crippen molar-refractivity contribution in [3.05, 3.63) is 11.3 Å². The van der Waals surface area contributed by atoms with Gasteiger partial charge in [0.1, 0.15) is 5.82 Å². The molecule has 0 atom stereocenters. The second-order valence-corrected chi connectivity index (χ2v) is 7.23. The van der Waals surface area contributed by atoms with E-state index in [9.17, 15) is 8.42 Å². The van der Waals surface area contributed by atoms with Crippen LogP contribution in [0.5, 0.6) is 0 Å². The van der Waals surface area contributed by atoms with Crippen molar-refractivity contribution in [3.63, 3.8) is 0 Å². The van der Waals surface area contributed by atoms with Gasteiger partial charge in [0.05, 0.1) is 17.2 Å².